The van der Waals surface area contributed by atoms with Gasteiger partial charge in [-0.25, -0.2) is 4.98 Å². The first-order valence-electron chi connectivity index (χ1n) is 8.23. The maximum absolute atomic E-state index is 5.11. The predicted octanol–water partition coefficient (Wildman–Crippen LogP) is 4.93. The molecule has 6 heteroatoms. The molecule has 4 rings (SSSR count). The number of para-hydroxylation sites is 1. The quantitative estimate of drug-likeness (QED) is 0.535. The lowest BCUT2D eigenvalue weighted by atomic mass is 10.1. The molecule has 128 valence electrons. The largest absolute Gasteiger partial charge is 0.360 e. The molecule has 0 unspecified atom stereocenters. The first kappa shape index (κ1) is 15.8. The van der Waals surface area contributed by atoms with Gasteiger partial charge in [0.15, 0.2) is 5.82 Å². The first-order chi connectivity index (χ1) is 12.8. The summed E-state index contributed by atoms with van der Waals surface area (Å²) in [7, 11) is 0. The van der Waals surface area contributed by atoms with E-state index in [0.29, 0.717) is 17.6 Å². The Morgan fingerprint density at radius 3 is 2.19 bits per heavy atom. The fourth-order valence-corrected chi connectivity index (χ4v) is 2.53. The molecule has 2 aromatic carbocycles. The monoisotopic (exact) mass is 343 g/mol. The molecule has 0 aliphatic heterocycles. The van der Waals surface area contributed by atoms with Crippen LogP contribution in [-0.2, 0) is 0 Å². The van der Waals surface area contributed by atoms with Crippen LogP contribution in [0.15, 0.2) is 77.3 Å². The number of aryl methyl sites for hydroxylation is 1. The maximum Gasteiger partial charge on any atom is 0.229 e. The van der Waals surface area contributed by atoms with Crippen molar-refractivity contribution in [3.05, 3.63) is 78.6 Å². The molecule has 6 nitrogen and oxygen atoms in total. The molecule has 0 fully saturated rings. The number of hydrogen-bond donors (Lipinski definition) is 2. The van der Waals surface area contributed by atoms with E-state index in [9.17, 15) is 0 Å². The van der Waals surface area contributed by atoms with E-state index in [1.165, 1.54) is 0 Å². The standard InChI is InChI=1S/C20H17N5O/c1-14-12-19(25-26-14)23-18-13-17(15-8-4-2-5-9-15)22-20(24-18)21-16-10-6-3-7-11-16/h2-13H,1H3,(H2,21,22,23,24,25). The molecule has 0 amide bonds. The molecule has 2 heterocycles. The third kappa shape index (κ3) is 3.70. The van der Waals surface area contributed by atoms with E-state index in [2.05, 4.69) is 25.8 Å². The Kier molecular flexibility index (Phi) is 4.30. The van der Waals surface area contributed by atoms with Crippen LogP contribution in [0.5, 0.6) is 0 Å². The second kappa shape index (κ2) is 7.06. The number of aromatic nitrogens is 3. The summed E-state index contributed by atoms with van der Waals surface area (Å²) >= 11 is 0. The molecule has 0 saturated heterocycles. The number of rotatable bonds is 5. The smallest absolute Gasteiger partial charge is 0.229 e. The lowest BCUT2D eigenvalue weighted by Gasteiger charge is -2.10. The van der Waals surface area contributed by atoms with Crippen molar-refractivity contribution in [1.82, 2.24) is 15.1 Å². The van der Waals surface area contributed by atoms with Gasteiger partial charge in [-0.1, -0.05) is 53.7 Å². The molecular formula is C20H17N5O. The van der Waals surface area contributed by atoms with Gasteiger partial charge in [-0.05, 0) is 19.1 Å². The molecule has 0 aliphatic carbocycles. The van der Waals surface area contributed by atoms with Crippen molar-refractivity contribution < 1.29 is 4.52 Å². The fourth-order valence-electron chi connectivity index (χ4n) is 2.53. The number of hydrogen-bond acceptors (Lipinski definition) is 6. The summed E-state index contributed by atoms with van der Waals surface area (Å²) in [6.45, 7) is 1.84. The first-order valence-corrected chi connectivity index (χ1v) is 8.23. The average Bonchev–Trinajstić information content (AvgIpc) is 3.08. The highest BCUT2D eigenvalue weighted by Crippen LogP contribution is 2.24. The van der Waals surface area contributed by atoms with Gasteiger partial charge in [0.25, 0.3) is 0 Å². The van der Waals surface area contributed by atoms with Crippen molar-refractivity contribution in [3.8, 4) is 11.3 Å². The molecule has 0 saturated carbocycles. The molecule has 26 heavy (non-hydrogen) atoms. The lowest BCUT2D eigenvalue weighted by Crippen LogP contribution is -2.02. The van der Waals surface area contributed by atoms with Gasteiger partial charge in [-0.2, -0.15) is 4.98 Å². The van der Waals surface area contributed by atoms with E-state index < -0.39 is 0 Å². The minimum Gasteiger partial charge on any atom is -0.360 e. The minimum atomic E-state index is 0.500. The van der Waals surface area contributed by atoms with Gasteiger partial charge in [0, 0.05) is 23.4 Å². The van der Waals surface area contributed by atoms with Crippen molar-refractivity contribution in [2.75, 3.05) is 10.6 Å². The summed E-state index contributed by atoms with van der Waals surface area (Å²) in [6.07, 6.45) is 0. The van der Waals surface area contributed by atoms with Crippen LogP contribution in [0, 0.1) is 6.92 Å². The lowest BCUT2D eigenvalue weighted by molar-refractivity contribution is 0.400. The van der Waals surface area contributed by atoms with Crippen LogP contribution < -0.4 is 10.6 Å². The SMILES string of the molecule is Cc1cc(Nc2cc(-c3ccccc3)nc(Nc3ccccc3)n2)no1. The molecule has 0 atom stereocenters. The Morgan fingerprint density at radius 1 is 0.769 bits per heavy atom. The number of anilines is 4. The Morgan fingerprint density at radius 2 is 1.50 bits per heavy atom. The molecular weight excluding hydrogens is 326 g/mol. The molecule has 0 aliphatic rings. The summed E-state index contributed by atoms with van der Waals surface area (Å²) < 4.78 is 5.11. The van der Waals surface area contributed by atoms with E-state index in [1.807, 2.05) is 79.7 Å². The van der Waals surface area contributed by atoms with Crippen molar-refractivity contribution in [1.29, 1.82) is 0 Å². The van der Waals surface area contributed by atoms with Gasteiger partial charge in [0.05, 0.1) is 5.69 Å². The van der Waals surface area contributed by atoms with Gasteiger partial charge >= 0.3 is 0 Å². The molecule has 2 aromatic heterocycles. The molecule has 0 bridgehead atoms. The van der Waals surface area contributed by atoms with Crippen LogP contribution in [0.3, 0.4) is 0 Å². The second-order valence-corrected chi connectivity index (χ2v) is 5.77. The van der Waals surface area contributed by atoms with Crippen LogP contribution in [0.25, 0.3) is 11.3 Å². The zero-order valence-corrected chi connectivity index (χ0v) is 14.2. The topological polar surface area (TPSA) is 75.9 Å². The summed E-state index contributed by atoms with van der Waals surface area (Å²) in [5.74, 6) is 2.46. The average molecular weight is 343 g/mol. The number of benzene rings is 2. The van der Waals surface area contributed by atoms with Crippen LogP contribution in [-0.4, -0.2) is 15.1 Å². The molecule has 4 aromatic rings. The zero-order chi connectivity index (χ0) is 17.8. The van der Waals surface area contributed by atoms with Gasteiger partial charge in [0.2, 0.25) is 5.95 Å². The Bertz CT molecular complexity index is 999. The highest BCUT2D eigenvalue weighted by molar-refractivity contribution is 5.68. The summed E-state index contributed by atoms with van der Waals surface area (Å²) in [6, 6.07) is 23.5. The maximum atomic E-state index is 5.11. The van der Waals surface area contributed by atoms with Crippen LogP contribution in [0.2, 0.25) is 0 Å². The van der Waals surface area contributed by atoms with Gasteiger partial charge < -0.3 is 15.2 Å². The molecule has 2 N–H and O–H groups in total. The highest BCUT2D eigenvalue weighted by atomic mass is 16.5. The van der Waals surface area contributed by atoms with Crippen molar-refractivity contribution in [2.45, 2.75) is 6.92 Å². The van der Waals surface area contributed by atoms with E-state index in [1.54, 1.807) is 0 Å². The Labute approximate surface area is 150 Å². The van der Waals surface area contributed by atoms with Crippen LogP contribution >= 0.6 is 0 Å². The van der Waals surface area contributed by atoms with Crippen molar-refractivity contribution >= 4 is 23.3 Å². The van der Waals surface area contributed by atoms with Gasteiger partial charge in [-0.3, -0.25) is 0 Å². The highest BCUT2D eigenvalue weighted by Gasteiger charge is 2.09. The van der Waals surface area contributed by atoms with E-state index in [4.69, 9.17) is 4.52 Å². The normalized spacial score (nSPS) is 10.5. The van der Waals surface area contributed by atoms with Gasteiger partial charge in [-0.15, -0.1) is 0 Å². The van der Waals surface area contributed by atoms with Gasteiger partial charge in [0.1, 0.15) is 11.6 Å². The van der Waals surface area contributed by atoms with E-state index >= 15 is 0 Å². The van der Waals surface area contributed by atoms with E-state index in [0.717, 1.165) is 22.7 Å². The van der Waals surface area contributed by atoms with Crippen LogP contribution in [0.1, 0.15) is 5.76 Å². The predicted molar refractivity (Wildman–Crippen MR) is 102 cm³/mol. The third-order valence-electron chi connectivity index (χ3n) is 3.71. The zero-order valence-electron chi connectivity index (χ0n) is 14.2. The fraction of sp³-hybridized carbons (Fsp3) is 0.0500. The Balaban J connectivity index is 1.71. The summed E-state index contributed by atoms with van der Waals surface area (Å²) in [4.78, 5) is 9.18. The third-order valence-corrected chi connectivity index (χ3v) is 3.71. The second-order valence-electron chi connectivity index (χ2n) is 5.77. The number of nitrogens with one attached hydrogen (secondary N) is 2. The van der Waals surface area contributed by atoms with Crippen LogP contribution in [0.4, 0.5) is 23.3 Å². The summed E-state index contributed by atoms with van der Waals surface area (Å²) in [5, 5.41) is 10.4. The van der Waals surface area contributed by atoms with Crippen molar-refractivity contribution in [2.24, 2.45) is 0 Å². The molecule has 0 spiro atoms. The number of nitrogens with zero attached hydrogens (tertiary/aromatic N) is 3. The summed E-state index contributed by atoms with van der Waals surface area (Å²) in [5.41, 5.74) is 2.73. The molecule has 0 radical (unpaired) electrons. The minimum absolute atomic E-state index is 0.500. The Hall–Kier alpha value is -3.67. The van der Waals surface area contributed by atoms with Crippen molar-refractivity contribution in [3.63, 3.8) is 0 Å². The van der Waals surface area contributed by atoms with E-state index in [-0.39, 0.29) is 0 Å².